The molecule has 2 amide bonds. The zero-order valence-corrected chi connectivity index (χ0v) is 23.7. The summed E-state index contributed by atoms with van der Waals surface area (Å²) in [5.74, 6) is -1.39. The van der Waals surface area contributed by atoms with Gasteiger partial charge in [-0.25, -0.2) is 12.8 Å². The second-order valence-electron chi connectivity index (χ2n) is 9.52. The van der Waals surface area contributed by atoms with E-state index < -0.39 is 34.3 Å². The Bertz CT molecular complexity index is 1360. The number of aryl methyl sites for hydroxylation is 2. The van der Waals surface area contributed by atoms with Crippen LogP contribution in [0.15, 0.2) is 77.7 Å². The van der Waals surface area contributed by atoms with Crippen LogP contribution in [0.3, 0.4) is 0 Å². The van der Waals surface area contributed by atoms with Gasteiger partial charge in [-0.3, -0.25) is 13.9 Å². The largest absolute Gasteiger partial charge is 0.354 e. The van der Waals surface area contributed by atoms with E-state index in [1.807, 2.05) is 52.0 Å². The highest BCUT2D eigenvalue weighted by atomic mass is 32.2. The molecular formula is C30H36FN3O4S. The van der Waals surface area contributed by atoms with Gasteiger partial charge < -0.3 is 10.2 Å². The van der Waals surface area contributed by atoms with E-state index in [-0.39, 0.29) is 23.0 Å². The minimum absolute atomic E-state index is 0.134. The summed E-state index contributed by atoms with van der Waals surface area (Å²) in [5, 5.41) is 2.87. The fraction of sp³-hybridized carbons (Fsp3) is 0.333. The number of halogens is 1. The van der Waals surface area contributed by atoms with Gasteiger partial charge in [0, 0.05) is 13.1 Å². The normalized spacial score (nSPS) is 12.0. The number of amides is 2. The Morgan fingerprint density at radius 3 is 1.97 bits per heavy atom. The molecule has 39 heavy (non-hydrogen) atoms. The second-order valence-corrected chi connectivity index (χ2v) is 11.4. The fourth-order valence-corrected chi connectivity index (χ4v) is 5.56. The van der Waals surface area contributed by atoms with Crippen LogP contribution in [-0.4, -0.2) is 44.3 Å². The quantitative estimate of drug-likeness (QED) is 0.343. The van der Waals surface area contributed by atoms with Gasteiger partial charge in [0.25, 0.3) is 10.0 Å². The summed E-state index contributed by atoms with van der Waals surface area (Å²) in [5.41, 5.74) is 3.08. The molecule has 1 N–H and O–H groups in total. The summed E-state index contributed by atoms with van der Waals surface area (Å²) in [6.07, 6.45) is 1.09. The molecule has 0 spiro atoms. The molecule has 3 aromatic carbocycles. The highest BCUT2D eigenvalue weighted by molar-refractivity contribution is 7.92. The number of carbonyl (C=O) groups is 2. The number of nitrogens with zero attached hydrogens (tertiary/aromatic N) is 2. The standard InChI is InChI=1S/C30H36FN3O4S/c1-5-19-32-30(36)28(6-2)33(20-24-11-7-22(3)8-12-24)29(35)21-34(26-15-9-23(4)10-16-26)39(37,38)27-17-13-25(31)14-18-27/h7-18,28H,5-6,19-21H2,1-4H3,(H,32,36)/t28-/m1/s1. The number of nitrogens with one attached hydrogen (secondary N) is 1. The number of hydrogen-bond acceptors (Lipinski definition) is 4. The average molecular weight is 554 g/mol. The predicted octanol–water partition coefficient (Wildman–Crippen LogP) is 4.97. The molecule has 0 aliphatic rings. The summed E-state index contributed by atoms with van der Waals surface area (Å²) < 4.78 is 42.1. The fourth-order valence-electron chi connectivity index (χ4n) is 4.15. The lowest BCUT2D eigenvalue weighted by atomic mass is 10.1. The van der Waals surface area contributed by atoms with Crippen molar-refractivity contribution in [2.24, 2.45) is 0 Å². The second kappa shape index (κ2) is 13.4. The predicted molar refractivity (Wildman–Crippen MR) is 151 cm³/mol. The summed E-state index contributed by atoms with van der Waals surface area (Å²) in [7, 11) is -4.24. The Morgan fingerprint density at radius 1 is 0.872 bits per heavy atom. The zero-order valence-electron chi connectivity index (χ0n) is 22.9. The summed E-state index contributed by atoms with van der Waals surface area (Å²) >= 11 is 0. The number of benzene rings is 3. The minimum atomic E-state index is -4.24. The van der Waals surface area contributed by atoms with Crippen LogP contribution in [0.25, 0.3) is 0 Å². The van der Waals surface area contributed by atoms with Crippen LogP contribution in [0.1, 0.15) is 43.4 Å². The van der Waals surface area contributed by atoms with Gasteiger partial charge in [0.2, 0.25) is 11.8 Å². The summed E-state index contributed by atoms with van der Waals surface area (Å²) in [6, 6.07) is 18.1. The lowest BCUT2D eigenvalue weighted by Gasteiger charge is -2.33. The van der Waals surface area contributed by atoms with E-state index in [0.29, 0.717) is 13.0 Å². The van der Waals surface area contributed by atoms with Crippen LogP contribution >= 0.6 is 0 Å². The van der Waals surface area contributed by atoms with E-state index in [0.717, 1.165) is 39.5 Å². The van der Waals surface area contributed by atoms with E-state index in [9.17, 15) is 22.4 Å². The third kappa shape index (κ3) is 7.66. The highest BCUT2D eigenvalue weighted by Gasteiger charge is 2.33. The Morgan fingerprint density at radius 2 is 1.44 bits per heavy atom. The van der Waals surface area contributed by atoms with E-state index >= 15 is 0 Å². The smallest absolute Gasteiger partial charge is 0.264 e. The maximum atomic E-state index is 14.0. The van der Waals surface area contributed by atoms with Crippen LogP contribution in [0.5, 0.6) is 0 Å². The molecule has 3 rings (SSSR count). The molecule has 0 heterocycles. The maximum Gasteiger partial charge on any atom is 0.264 e. The van der Waals surface area contributed by atoms with Gasteiger partial charge in [0.05, 0.1) is 10.6 Å². The first-order valence-electron chi connectivity index (χ1n) is 13.0. The Kier molecular flexibility index (Phi) is 10.2. The molecule has 0 aromatic heterocycles. The first-order chi connectivity index (χ1) is 18.6. The van der Waals surface area contributed by atoms with E-state index in [4.69, 9.17) is 0 Å². The highest BCUT2D eigenvalue weighted by Crippen LogP contribution is 2.25. The Hall–Kier alpha value is -3.72. The first kappa shape index (κ1) is 29.8. The number of anilines is 1. The van der Waals surface area contributed by atoms with Gasteiger partial charge in [-0.1, -0.05) is 61.4 Å². The molecule has 0 unspecified atom stereocenters. The number of sulfonamides is 1. The van der Waals surface area contributed by atoms with Crippen molar-refractivity contribution in [1.82, 2.24) is 10.2 Å². The third-order valence-corrected chi connectivity index (χ3v) is 8.20. The minimum Gasteiger partial charge on any atom is -0.354 e. The van der Waals surface area contributed by atoms with Crippen molar-refractivity contribution in [2.45, 2.75) is 58.0 Å². The SMILES string of the molecule is CCCNC(=O)[C@@H](CC)N(Cc1ccc(C)cc1)C(=O)CN(c1ccc(C)cc1)S(=O)(=O)c1ccc(F)cc1. The van der Waals surface area contributed by atoms with Gasteiger partial charge in [-0.05, 0) is 68.7 Å². The Labute approximate surface area is 230 Å². The topological polar surface area (TPSA) is 86.8 Å². The van der Waals surface area contributed by atoms with Crippen LogP contribution < -0.4 is 9.62 Å². The van der Waals surface area contributed by atoms with Crippen LogP contribution in [0.4, 0.5) is 10.1 Å². The molecule has 7 nitrogen and oxygen atoms in total. The molecule has 9 heteroatoms. The van der Waals surface area contributed by atoms with Crippen LogP contribution in [0.2, 0.25) is 0 Å². The van der Waals surface area contributed by atoms with E-state index in [1.165, 1.54) is 17.0 Å². The van der Waals surface area contributed by atoms with Gasteiger partial charge >= 0.3 is 0 Å². The van der Waals surface area contributed by atoms with Crippen molar-refractivity contribution in [3.63, 3.8) is 0 Å². The molecule has 3 aromatic rings. The summed E-state index contributed by atoms with van der Waals surface area (Å²) in [6.45, 7) is 7.66. The van der Waals surface area contributed by atoms with Crippen molar-refractivity contribution in [3.05, 3.63) is 95.3 Å². The van der Waals surface area contributed by atoms with Crippen LogP contribution in [-0.2, 0) is 26.2 Å². The average Bonchev–Trinajstić information content (AvgIpc) is 2.92. The number of rotatable bonds is 12. The first-order valence-corrected chi connectivity index (χ1v) is 14.5. The number of hydrogen-bond donors (Lipinski definition) is 1. The molecule has 208 valence electrons. The molecule has 0 saturated carbocycles. The molecule has 0 aliphatic carbocycles. The number of carbonyl (C=O) groups excluding carboxylic acids is 2. The Balaban J connectivity index is 2.03. The third-order valence-electron chi connectivity index (χ3n) is 6.41. The molecular weight excluding hydrogens is 517 g/mol. The van der Waals surface area contributed by atoms with E-state index in [2.05, 4.69) is 5.32 Å². The zero-order chi connectivity index (χ0) is 28.6. The van der Waals surface area contributed by atoms with Crippen LogP contribution in [0, 0.1) is 19.7 Å². The van der Waals surface area contributed by atoms with Gasteiger partial charge in [-0.15, -0.1) is 0 Å². The van der Waals surface area contributed by atoms with E-state index in [1.54, 1.807) is 24.3 Å². The molecule has 0 bridgehead atoms. The van der Waals surface area contributed by atoms with Gasteiger partial charge in [0.1, 0.15) is 18.4 Å². The molecule has 0 fully saturated rings. The lowest BCUT2D eigenvalue weighted by molar-refractivity contribution is -0.140. The summed E-state index contributed by atoms with van der Waals surface area (Å²) in [4.78, 5) is 28.3. The van der Waals surface area contributed by atoms with Gasteiger partial charge in [0.15, 0.2) is 0 Å². The van der Waals surface area contributed by atoms with Crippen molar-refractivity contribution >= 4 is 27.5 Å². The molecule has 1 atom stereocenters. The van der Waals surface area contributed by atoms with Crippen molar-refractivity contribution in [3.8, 4) is 0 Å². The van der Waals surface area contributed by atoms with Gasteiger partial charge in [-0.2, -0.15) is 0 Å². The van der Waals surface area contributed by atoms with Crippen molar-refractivity contribution < 1.29 is 22.4 Å². The lowest BCUT2D eigenvalue weighted by Crippen LogP contribution is -2.52. The molecule has 0 saturated heterocycles. The molecule has 0 aliphatic heterocycles. The molecule has 0 radical (unpaired) electrons. The maximum absolute atomic E-state index is 14.0. The van der Waals surface area contributed by atoms with Crippen molar-refractivity contribution in [1.29, 1.82) is 0 Å². The monoisotopic (exact) mass is 553 g/mol. The van der Waals surface area contributed by atoms with Crippen molar-refractivity contribution in [2.75, 3.05) is 17.4 Å².